The van der Waals surface area contributed by atoms with Gasteiger partial charge in [0.15, 0.2) is 11.5 Å². The molecule has 3 aliphatic heterocycles. The highest BCUT2D eigenvalue weighted by atomic mass is 79.9. The van der Waals surface area contributed by atoms with Crippen LogP contribution in [0.5, 0.6) is 11.5 Å². The quantitative estimate of drug-likeness (QED) is 0.0499. The second-order valence-corrected chi connectivity index (χ2v) is 13.0. The van der Waals surface area contributed by atoms with Gasteiger partial charge in [-0.15, -0.1) is 11.8 Å². The average molecular weight is 812 g/mol. The molecule has 1 aromatic rings. The third kappa shape index (κ3) is 8.17. The van der Waals surface area contributed by atoms with Gasteiger partial charge in [0.2, 0.25) is 18.5 Å². The maximum absolute atomic E-state index is 14.2. The largest absolute Gasteiger partial charge is 0.477 e. The lowest BCUT2D eigenvalue weighted by molar-refractivity contribution is -0.153. The Kier molecular flexibility index (Phi) is 12.3. The second-order valence-electron chi connectivity index (χ2n) is 11.1. The van der Waals surface area contributed by atoms with E-state index in [1.54, 1.807) is 6.92 Å². The number of urea groups is 1. The number of hydrogen-bond acceptors (Lipinski definition) is 14. The van der Waals surface area contributed by atoms with Crippen molar-refractivity contribution in [1.29, 1.82) is 0 Å². The number of benzene rings is 1. The monoisotopic (exact) mass is 810 g/mol. The zero-order valence-electron chi connectivity index (χ0n) is 27.8. The molecule has 2 saturated heterocycles. The van der Waals surface area contributed by atoms with Crippen LogP contribution in [-0.4, -0.2) is 123 Å². The summed E-state index contributed by atoms with van der Waals surface area (Å²) >= 11 is 4.24. The molecule has 0 aliphatic carbocycles. The summed E-state index contributed by atoms with van der Waals surface area (Å²) in [5, 5.41) is 16.3. The zero-order chi connectivity index (χ0) is 38.6. The molecule has 278 valence electrons. The first-order valence-corrected chi connectivity index (χ1v) is 17.0. The number of esters is 3. The summed E-state index contributed by atoms with van der Waals surface area (Å²) in [6, 6.07) is -1.95. The van der Waals surface area contributed by atoms with Crippen molar-refractivity contribution < 1.29 is 67.3 Å². The molecule has 0 radical (unpaired) electrons. The number of thioether (sulfide) groups is 1. The number of ether oxygens (including phenoxy) is 3. The molecule has 52 heavy (non-hydrogen) atoms. The minimum atomic E-state index is -1.89. The molecule has 4 atom stereocenters. The number of carboxylic acids is 1. The minimum absolute atomic E-state index is 0.0134. The van der Waals surface area contributed by atoms with E-state index >= 15 is 0 Å². The number of likely N-dealkylation sites (N-methyl/N-ethyl adjacent to an activating group) is 1. The van der Waals surface area contributed by atoms with Gasteiger partial charge in [-0.2, -0.15) is 0 Å². The van der Waals surface area contributed by atoms with Crippen molar-refractivity contribution in [2.75, 3.05) is 25.4 Å². The fourth-order valence-corrected chi connectivity index (χ4v) is 7.34. The van der Waals surface area contributed by atoms with E-state index in [0.29, 0.717) is 4.90 Å². The van der Waals surface area contributed by atoms with E-state index in [1.165, 1.54) is 4.90 Å². The van der Waals surface area contributed by atoms with Crippen LogP contribution >= 0.6 is 27.7 Å². The van der Waals surface area contributed by atoms with Gasteiger partial charge < -0.3 is 40.2 Å². The van der Waals surface area contributed by atoms with E-state index in [4.69, 9.17) is 14.2 Å². The van der Waals surface area contributed by atoms with Crippen LogP contribution in [0.1, 0.15) is 39.3 Å². The van der Waals surface area contributed by atoms with Crippen LogP contribution in [-0.2, 0) is 47.9 Å². The first-order valence-electron chi connectivity index (χ1n) is 15.2. The smallest absolute Gasteiger partial charge is 0.352 e. The molecule has 3 heterocycles. The van der Waals surface area contributed by atoms with Gasteiger partial charge in [-0.3, -0.25) is 48.2 Å². The highest BCUT2D eigenvalue weighted by molar-refractivity contribution is 9.10. The molecule has 22 heteroatoms. The number of imide groups is 1. The van der Waals surface area contributed by atoms with E-state index in [9.17, 15) is 53.1 Å². The molecule has 1 aromatic carbocycles. The Morgan fingerprint density at radius 2 is 1.62 bits per heavy atom. The third-order valence-corrected chi connectivity index (χ3v) is 9.66. The van der Waals surface area contributed by atoms with Gasteiger partial charge in [-0.25, -0.2) is 9.59 Å². The van der Waals surface area contributed by atoms with Gasteiger partial charge in [0, 0.05) is 61.8 Å². The van der Waals surface area contributed by atoms with Gasteiger partial charge in [-0.05, 0) is 19.1 Å². The number of aliphatic carboxylic acids is 1. The molecule has 3 aliphatic rings. The van der Waals surface area contributed by atoms with Crippen molar-refractivity contribution >= 4 is 87.6 Å². The van der Waals surface area contributed by atoms with E-state index in [2.05, 4.69) is 31.9 Å². The van der Waals surface area contributed by atoms with Crippen LogP contribution < -0.4 is 25.4 Å². The predicted octanol–water partition coefficient (Wildman–Crippen LogP) is -0.885. The number of fused-ring (bicyclic) bond motifs is 1. The summed E-state index contributed by atoms with van der Waals surface area (Å²) in [6.07, 6.45) is -1.58. The first-order chi connectivity index (χ1) is 24.5. The van der Waals surface area contributed by atoms with Crippen LogP contribution in [0.2, 0.25) is 0 Å². The lowest BCUT2D eigenvalue weighted by atomic mass is 10.0. The van der Waals surface area contributed by atoms with Gasteiger partial charge in [-0.1, -0.05) is 15.9 Å². The number of halogens is 1. The number of hydrogen-bond donors (Lipinski definition) is 4. The minimum Gasteiger partial charge on any atom is -0.477 e. The van der Waals surface area contributed by atoms with Crippen LogP contribution in [0, 0.1) is 0 Å². The number of piperazine rings is 1. The van der Waals surface area contributed by atoms with Crippen LogP contribution in [0.15, 0.2) is 27.9 Å². The Bertz CT molecular complexity index is 1800. The van der Waals surface area contributed by atoms with E-state index in [0.717, 1.165) is 49.6 Å². The molecule has 2 unspecified atom stereocenters. The van der Waals surface area contributed by atoms with Crippen molar-refractivity contribution in [3.8, 4) is 11.5 Å². The van der Waals surface area contributed by atoms with Crippen molar-refractivity contribution in [2.45, 2.75) is 51.4 Å². The van der Waals surface area contributed by atoms with Crippen LogP contribution in [0.4, 0.5) is 4.79 Å². The van der Waals surface area contributed by atoms with E-state index in [1.807, 2.05) is 0 Å². The lowest BCUT2D eigenvalue weighted by Crippen LogP contribution is -2.70. The maximum Gasteiger partial charge on any atom is 0.352 e. The van der Waals surface area contributed by atoms with Crippen molar-refractivity contribution in [2.24, 2.45) is 0 Å². The molecule has 7 amide bonds. The Morgan fingerprint density at radius 1 is 0.981 bits per heavy atom. The van der Waals surface area contributed by atoms with Crippen LogP contribution in [0.25, 0.3) is 0 Å². The maximum atomic E-state index is 14.2. The number of rotatable bonds is 12. The average Bonchev–Trinajstić information content (AvgIpc) is 3.06. The highest BCUT2D eigenvalue weighted by Crippen LogP contribution is 2.42. The Morgan fingerprint density at radius 3 is 2.17 bits per heavy atom. The van der Waals surface area contributed by atoms with E-state index < -0.39 is 82.9 Å². The highest BCUT2D eigenvalue weighted by Gasteiger charge is 2.54. The zero-order valence-corrected chi connectivity index (χ0v) is 30.2. The normalized spacial score (nSPS) is 19.4. The van der Waals surface area contributed by atoms with Crippen LogP contribution in [0.3, 0.4) is 0 Å². The molecule has 4 N–H and O–H groups in total. The van der Waals surface area contributed by atoms with E-state index in [-0.39, 0.29) is 58.9 Å². The number of carboxylic acid groups (broad SMARTS) is 1. The standard InChI is InChI=1S/C30H31BrN6O14S/c1-5-35-6-7-36(27(45)26(35)44)30(48)33-20(15-8-18(49-12(2)39)19(9-17(15)31)50-13(3)40)23(42)34-24(51-14(4)41)16-10-52-28-21(32-11-38)25(43)37(28)22(16)29(46)47/h8-9,11,20-21,24,28H,5-7,10H2,1-4H3,(H,32,38)(H,33,48)(H,34,42)(H,46,47)/t20?,21-,24?,28+/m0/s1. The van der Waals surface area contributed by atoms with Gasteiger partial charge in [0.1, 0.15) is 23.2 Å². The lowest BCUT2D eigenvalue weighted by Gasteiger charge is -2.49. The molecule has 2 fully saturated rings. The summed E-state index contributed by atoms with van der Waals surface area (Å²) in [5.41, 5.74) is -1.06. The molecule has 0 spiro atoms. The molecule has 20 nitrogen and oxygen atoms in total. The van der Waals surface area contributed by atoms with Gasteiger partial charge in [0.25, 0.3) is 5.91 Å². The van der Waals surface area contributed by atoms with Gasteiger partial charge >= 0.3 is 41.7 Å². The van der Waals surface area contributed by atoms with Crippen molar-refractivity contribution in [3.63, 3.8) is 0 Å². The Hall–Kier alpha value is -5.51. The summed E-state index contributed by atoms with van der Waals surface area (Å²) in [5.74, 6) is -9.32. The summed E-state index contributed by atoms with van der Waals surface area (Å²) in [7, 11) is 0. The Balaban J connectivity index is 1.79. The Labute approximate surface area is 306 Å². The summed E-state index contributed by atoms with van der Waals surface area (Å²) in [4.78, 5) is 128. The fraction of sp³-hybridized carbons (Fsp3) is 0.400. The number of β-lactam (4-membered cyclic amide) rings is 1. The predicted molar refractivity (Wildman–Crippen MR) is 176 cm³/mol. The molecule has 4 rings (SSSR count). The molecule has 0 bridgehead atoms. The number of nitrogens with zero attached hydrogens (tertiary/aromatic N) is 3. The summed E-state index contributed by atoms with van der Waals surface area (Å²) in [6.45, 7) is 4.62. The summed E-state index contributed by atoms with van der Waals surface area (Å²) < 4.78 is 15.6. The molecular formula is C30H31BrN6O14S. The van der Waals surface area contributed by atoms with Crippen molar-refractivity contribution in [3.05, 3.63) is 33.4 Å². The number of amides is 7. The fourth-order valence-electron chi connectivity index (χ4n) is 5.40. The number of nitrogens with one attached hydrogen (secondary N) is 3. The topological polar surface area (TPSA) is 264 Å². The SMILES string of the molecule is CCN1CCN(C(=O)NC(C(=O)NC(OC(C)=O)C2=C(C(=O)O)N3C(=O)[C@H](NC=O)[C@H]3SC2)c2cc(OC(C)=O)c(OC(C)=O)cc2Br)C(=O)C1=O. The van der Waals surface area contributed by atoms with Crippen molar-refractivity contribution in [1.82, 2.24) is 30.7 Å². The third-order valence-electron chi connectivity index (χ3n) is 7.67. The number of carbonyl (C=O) groups is 10. The molecule has 0 saturated carbocycles. The first kappa shape index (κ1) is 39.3. The number of carbonyl (C=O) groups excluding carboxylic acids is 9. The molecular weight excluding hydrogens is 780 g/mol. The second kappa shape index (κ2) is 16.2. The molecule has 0 aromatic heterocycles. The van der Waals surface area contributed by atoms with Gasteiger partial charge in [0.05, 0.1) is 0 Å².